The van der Waals surface area contributed by atoms with Crippen LogP contribution in [0.25, 0.3) is 0 Å². The second kappa shape index (κ2) is 2.51. The number of alkyl halides is 2. The van der Waals surface area contributed by atoms with Gasteiger partial charge in [0, 0.05) is 19.2 Å². The minimum atomic E-state index is -2.80. The Balaban J connectivity index is 2.60. The third kappa shape index (κ3) is 1.07. The van der Waals surface area contributed by atoms with E-state index in [-0.39, 0.29) is 17.7 Å². The van der Waals surface area contributed by atoms with Crippen molar-refractivity contribution in [1.29, 1.82) is 0 Å². The van der Waals surface area contributed by atoms with Crippen LogP contribution in [0.4, 0.5) is 8.78 Å². The Morgan fingerprint density at radius 3 is 2.92 bits per heavy atom. The molecule has 0 bridgehead atoms. The highest BCUT2D eigenvalue weighted by Gasteiger charge is 2.44. The molecule has 1 aromatic rings. The molecular formula is C8H10F2N2O. The van der Waals surface area contributed by atoms with E-state index in [1.165, 1.54) is 4.68 Å². The molecule has 0 fully saturated rings. The molecule has 0 saturated heterocycles. The third-order valence-electron chi connectivity index (χ3n) is 2.43. The van der Waals surface area contributed by atoms with Crippen LogP contribution in [0.2, 0.25) is 0 Å². The fourth-order valence-corrected chi connectivity index (χ4v) is 1.84. The number of aliphatic hydroxyl groups is 1. The lowest BCUT2D eigenvalue weighted by Gasteiger charge is -2.08. The van der Waals surface area contributed by atoms with Gasteiger partial charge in [-0.3, -0.25) is 4.68 Å². The van der Waals surface area contributed by atoms with Gasteiger partial charge < -0.3 is 5.11 Å². The normalized spacial score (nSPS) is 19.1. The predicted molar refractivity (Wildman–Crippen MR) is 41.3 cm³/mol. The molecule has 3 nitrogen and oxygen atoms in total. The number of fused-ring (bicyclic) bond motifs is 1. The smallest absolute Gasteiger partial charge is 0.277 e. The highest BCUT2D eigenvalue weighted by molar-refractivity contribution is 5.35. The SMILES string of the molecule is Cn1nc(CO)c2c1CCC2(F)F. The van der Waals surface area contributed by atoms with E-state index in [1.807, 2.05) is 0 Å². The minimum absolute atomic E-state index is 0.0579. The largest absolute Gasteiger partial charge is 0.390 e. The summed E-state index contributed by atoms with van der Waals surface area (Å²) in [4.78, 5) is 0. The molecule has 2 rings (SSSR count). The Labute approximate surface area is 74.0 Å². The van der Waals surface area contributed by atoms with Gasteiger partial charge in [0.1, 0.15) is 0 Å². The Kier molecular flexibility index (Phi) is 1.66. The Hall–Kier alpha value is -0.970. The van der Waals surface area contributed by atoms with Crippen molar-refractivity contribution in [2.75, 3.05) is 0 Å². The maximum absolute atomic E-state index is 13.2. The van der Waals surface area contributed by atoms with Crippen molar-refractivity contribution in [2.24, 2.45) is 7.05 Å². The van der Waals surface area contributed by atoms with Gasteiger partial charge in [0.15, 0.2) is 0 Å². The summed E-state index contributed by atoms with van der Waals surface area (Å²) in [6.45, 7) is -0.418. The van der Waals surface area contributed by atoms with E-state index < -0.39 is 12.5 Å². The maximum Gasteiger partial charge on any atom is 0.277 e. The monoisotopic (exact) mass is 188 g/mol. The van der Waals surface area contributed by atoms with Gasteiger partial charge in [0.2, 0.25) is 0 Å². The molecule has 1 N–H and O–H groups in total. The van der Waals surface area contributed by atoms with Gasteiger partial charge in [0.05, 0.1) is 17.9 Å². The van der Waals surface area contributed by atoms with Crippen LogP contribution < -0.4 is 0 Å². The molecule has 1 aliphatic carbocycles. The van der Waals surface area contributed by atoms with Crippen molar-refractivity contribution in [3.63, 3.8) is 0 Å². The van der Waals surface area contributed by atoms with Gasteiger partial charge >= 0.3 is 0 Å². The number of aryl methyl sites for hydroxylation is 1. The summed E-state index contributed by atoms with van der Waals surface area (Å²) in [5, 5.41) is 12.7. The molecule has 1 heterocycles. The van der Waals surface area contributed by atoms with E-state index >= 15 is 0 Å². The van der Waals surface area contributed by atoms with E-state index in [0.717, 1.165) is 0 Å². The van der Waals surface area contributed by atoms with Crippen LogP contribution in [0.5, 0.6) is 0 Å². The van der Waals surface area contributed by atoms with Crippen molar-refractivity contribution < 1.29 is 13.9 Å². The molecule has 0 unspecified atom stereocenters. The van der Waals surface area contributed by atoms with Crippen LogP contribution in [-0.2, 0) is 26.0 Å². The molecule has 13 heavy (non-hydrogen) atoms. The lowest BCUT2D eigenvalue weighted by Crippen LogP contribution is -2.10. The fourth-order valence-electron chi connectivity index (χ4n) is 1.84. The highest BCUT2D eigenvalue weighted by atomic mass is 19.3. The van der Waals surface area contributed by atoms with Crippen LogP contribution in [0, 0.1) is 0 Å². The predicted octanol–water partition coefficient (Wildman–Crippen LogP) is 0.950. The van der Waals surface area contributed by atoms with Gasteiger partial charge in [-0.1, -0.05) is 0 Å². The molecule has 5 heteroatoms. The average Bonchev–Trinajstić information content (AvgIpc) is 2.53. The van der Waals surface area contributed by atoms with Gasteiger partial charge in [-0.2, -0.15) is 5.10 Å². The number of nitrogens with zero attached hydrogens (tertiary/aromatic N) is 2. The minimum Gasteiger partial charge on any atom is -0.390 e. The molecule has 1 aromatic heterocycles. The Morgan fingerprint density at radius 1 is 1.62 bits per heavy atom. The first-order valence-electron chi connectivity index (χ1n) is 4.10. The number of hydrogen-bond acceptors (Lipinski definition) is 2. The van der Waals surface area contributed by atoms with Crippen molar-refractivity contribution in [3.05, 3.63) is 17.0 Å². The van der Waals surface area contributed by atoms with Gasteiger partial charge in [0.25, 0.3) is 5.92 Å². The molecule has 0 atom stereocenters. The summed E-state index contributed by atoms with van der Waals surface area (Å²) in [6.07, 6.45) is 0.173. The quantitative estimate of drug-likeness (QED) is 0.712. The summed E-state index contributed by atoms with van der Waals surface area (Å²) in [7, 11) is 1.62. The van der Waals surface area contributed by atoms with E-state index in [4.69, 9.17) is 5.11 Å². The van der Waals surface area contributed by atoms with Crippen molar-refractivity contribution in [3.8, 4) is 0 Å². The van der Waals surface area contributed by atoms with E-state index in [1.54, 1.807) is 7.05 Å². The molecular weight excluding hydrogens is 178 g/mol. The van der Waals surface area contributed by atoms with Crippen LogP contribution in [0.3, 0.4) is 0 Å². The number of halogens is 2. The van der Waals surface area contributed by atoms with Crippen molar-refractivity contribution >= 4 is 0 Å². The zero-order valence-corrected chi connectivity index (χ0v) is 7.22. The van der Waals surface area contributed by atoms with E-state index in [2.05, 4.69) is 5.10 Å². The molecule has 72 valence electrons. The summed E-state index contributed by atoms with van der Waals surface area (Å²) in [6, 6.07) is 0. The molecule has 1 aliphatic rings. The second-order valence-corrected chi connectivity index (χ2v) is 3.25. The summed E-state index contributed by atoms with van der Waals surface area (Å²) in [5.41, 5.74) is 0.603. The van der Waals surface area contributed by atoms with Gasteiger partial charge in [-0.15, -0.1) is 0 Å². The van der Waals surface area contributed by atoms with E-state index in [0.29, 0.717) is 12.1 Å². The molecule has 0 aliphatic heterocycles. The molecule has 0 aromatic carbocycles. The molecule has 0 saturated carbocycles. The summed E-state index contributed by atoms with van der Waals surface area (Å²) < 4.78 is 27.9. The first kappa shape index (κ1) is 8.62. The van der Waals surface area contributed by atoms with Crippen LogP contribution in [-0.4, -0.2) is 14.9 Å². The first-order chi connectivity index (χ1) is 6.06. The molecule has 0 spiro atoms. The Morgan fingerprint density at radius 2 is 2.31 bits per heavy atom. The topological polar surface area (TPSA) is 38.0 Å². The first-order valence-corrected chi connectivity index (χ1v) is 4.10. The van der Waals surface area contributed by atoms with Gasteiger partial charge in [-0.05, 0) is 6.42 Å². The average molecular weight is 188 g/mol. The lowest BCUT2D eigenvalue weighted by atomic mass is 10.1. The highest BCUT2D eigenvalue weighted by Crippen LogP contribution is 2.43. The fraction of sp³-hybridized carbons (Fsp3) is 0.625. The Bertz CT molecular complexity index is 346. The number of hydrogen-bond donors (Lipinski definition) is 1. The molecule has 0 amide bonds. The molecule has 0 radical (unpaired) electrons. The number of aliphatic hydroxyl groups excluding tert-OH is 1. The van der Waals surface area contributed by atoms with Crippen LogP contribution in [0.1, 0.15) is 23.4 Å². The third-order valence-corrected chi connectivity index (χ3v) is 2.43. The van der Waals surface area contributed by atoms with Crippen molar-refractivity contribution in [2.45, 2.75) is 25.4 Å². The zero-order chi connectivity index (χ0) is 9.64. The summed E-state index contributed by atoms with van der Waals surface area (Å²) >= 11 is 0. The lowest BCUT2D eigenvalue weighted by molar-refractivity contribution is -0.00386. The van der Waals surface area contributed by atoms with E-state index in [9.17, 15) is 8.78 Å². The maximum atomic E-state index is 13.2. The second-order valence-electron chi connectivity index (χ2n) is 3.25. The number of aromatic nitrogens is 2. The van der Waals surface area contributed by atoms with Crippen LogP contribution in [0.15, 0.2) is 0 Å². The number of rotatable bonds is 1. The summed E-state index contributed by atoms with van der Waals surface area (Å²) in [5.74, 6) is -2.80. The van der Waals surface area contributed by atoms with Crippen molar-refractivity contribution in [1.82, 2.24) is 9.78 Å². The van der Waals surface area contributed by atoms with Gasteiger partial charge in [-0.25, -0.2) is 8.78 Å². The zero-order valence-electron chi connectivity index (χ0n) is 7.22. The van der Waals surface area contributed by atoms with Crippen LogP contribution >= 0.6 is 0 Å². The standard InChI is InChI=1S/C8H10F2N2O/c1-12-6-2-3-8(9,10)7(6)5(4-13)11-12/h13H,2-4H2,1H3.